The van der Waals surface area contributed by atoms with Crippen molar-refractivity contribution in [2.75, 3.05) is 5.32 Å². The summed E-state index contributed by atoms with van der Waals surface area (Å²) in [5.41, 5.74) is 1.18. The molecule has 1 aromatic heterocycles. The van der Waals surface area contributed by atoms with Crippen LogP contribution in [-0.2, 0) is 0 Å². The first-order chi connectivity index (χ1) is 10.9. The van der Waals surface area contributed by atoms with Crippen molar-refractivity contribution in [1.29, 1.82) is 0 Å². The quantitative estimate of drug-likeness (QED) is 0.737. The van der Waals surface area contributed by atoms with Gasteiger partial charge in [0.2, 0.25) is 0 Å². The fourth-order valence-electron chi connectivity index (χ4n) is 2.30. The highest BCUT2D eigenvalue weighted by atomic mass is 35.5. The number of halogens is 3. The minimum absolute atomic E-state index is 0.0211. The smallest absolute Gasteiger partial charge is 0.256 e. The van der Waals surface area contributed by atoms with Crippen LogP contribution in [0.25, 0.3) is 10.9 Å². The molecule has 1 N–H and O–H groups in total. The third-order valence-corrected chi connectivity index (χ3v) is 3.56. The number of nitrogens with one attached hydrogen (secondary N) is 1. The maximum absolute atomic E-state index is 13.8. The largest absolute Gasteiger partial charge is 0.319 e. The Morgan fingerprint density at radius 3 is 2.70 bits per heavy atom. The highest BCUT2D eigenvalue weighted by Gasteiger charge is 2.14. The molecule has 1 amide bonds. The van der Waals surface area contributed by atoms with E-state index in [0.29, 0.717) is 21.6 Å². The van der Waals surface area contributed by atoms with Gasteiger partial charge in [-0.2, -0.15) is 0 Å². The molecule has 116 valence electrons. The van der Waals surface area contributed by atoms with Crippen LogP contribution in [0.1, 0.15) is 16.1 Å². The lowest BCUT2D eigenvalue weighted by Crippen LogP contribution is -2.14. The first kappa shape index (κ1) is 15.4. The van der Waals surface area contributed by atoms with E-state index in [1.54, 1.807) is 13.0 Å². The molecule has 0 fully saturated rings. The summed E-state index contributed by atoms with van der Waals surface area (Å²) in [4.78, 5) is 16.7. The van der Waals surface area contributed by atoms with Crippen LogP contribution in [0.5, 0.6) is 0 Å². The fraction of sp³-hybridized carbons (Fsp3) is 0.0588. The van der Waals surface area contributed by atoms with Gasteiger partial charge in [-0.15, -0.1) is 0 Å². The number of anilines is 1. The Morgan fingerprint density at radius 1 is 1.13 bits per heavy atom. The number of hydrogen-bond donors (Lipinski definition) is 1. The number of aryl methyl sites for hydroxylation is 1. The molecular weight excluding hydrogens is 322 g/mol. The molecule has 0 bridgehead atoms. The molecule has 1 heterocycles. The fourth-order valence-corrected chi connectivity index (χ4v) is 2.48. The number of carbonyl (C=O) groups is 1. The zero-order valence-electron chi connectivity index (χ0n) is 12.0. The molecule has 6 heteroatoms. The average molecular weight is 333 g/mol. The van der Waals surface area contributed by atoms with Crippen LogP contribution >= 0.6 is 11.6 Å². The molecule has 0 aliphatic heterocycles. The van der Waals surface area contributed by atoms with Crippen molar-refractivity contribution in [3.8, 4) is 0 Å². The zero-order valence-corrected chi connectivity index (χ0v) is 12.8. The van der Waals surface area contributed by atoms with Crippen LogP contribution in [0.3, 0.4) is 0 Å². The molecule has 0 unspecified atom stereocenters. The first-order valence-corrected chi connectivity index (χ1v) is 7.15. The maximum Gasteiger partial charge on any atom is 0.256 e. The summed E-state index contributed by atoms with van der Waals surface area (Å²) in [5.74, 6) is -1.56. The summed E-state index contributed by atoms with van der Waals surface area (Å²) in [5, 5.41) is 3.27. The lowest BCUT2D eigenvalue weighted by Gasteiger charge is -2.10. The van der Waals surface area contributed by atoms with Crippen molar-refractivity contribution in [2.45, 2.75) is 6.92 Å². The number of aromatic nitrogens is 1. The Bertz CT molecular complexity index is 923. The van der Waals surface area contributed by atoms with Crippen molar-refractivity contribution < 1.29 is 13.6 Å². The number of nitrogens with zero attached hydrogens (tertiary/aromatic N) is 1. The second-order valence-electron chi connectivity index (χ2n) is 5.05. The Morgan fingerprint density at radius 2 is 1.91 bits per heavy atom. The van der Waals surface area contributed by atoms with Gasteiger partial charge in [0.1, 0.15) is 11.6 Å². The molecule has 0 atom stereocenters. The van der Waals surface area contributed by atoms with Gasteiger partial charge in [0.05, 0.1) is 16.8 Å². The molecule has 0 spiro atoms. The number of carbonyl (C=O) groups excluding carboxylic acids is 1. The molecule has 23 heavy (non-hydrogen) atoms. The first-order valence-electron chi connectivity index (χ1n) is 6.77. The molecule has 0 aliphatic rings. The summed E-state index contributed by atoms with van der Waals surface area (Å²) in [6.07, 6.45) is 0. The molecule has 0 saturated heterocycles. The number of amides is 1. The van der Waals surface area contributed by atoms with E-state index in [-0.39, 0.29) is 11.3 Å². The SMILES string of the molecule is Cc1cc(C(=O)Nc2cc(Cl)ccc2F)c2ccc(F)cc2n1. The van der Waals surface area contributed by atoms with Crippen LogP contribution < -0.4 is 5.32 Å². The number of rotatable bonds is 2. The number of benzene rings is 2. The summed E-state index contributed by atoms with van der Waals surface area (Å²) in [6.45, 7) is 1.70. The molecule has 3 nitrogen and oxygen atoms in total. The van der Waals surface area contributed by atoms with Crippen molar-refractivity contribution in [3.05, 3.63) is 70.4 Å². The predicted octanol–water partition coefficient (Wildman–Crippen LogP) is 4.73. The summed E-state index contributed by atoms with van der Waals surface area (Å²) < 4.78 is 27.1. The van der Waals surface area contributed by atoms with E-state index in [2.05, 4.69) is 10.3 Å². The second-order valence-corrected chi connectivity index (χ2v) is 5.49. The standard InChI is InChI=1S/C17H11ClF2N2O/c1-9-6-13(12-4-3-11(19)8-15(12)21-9)17(23)22-16-7-10(18)2-5-14(16)20/h2-8H,1H3,(H,22,23). The summed E-state index contributed by atoms with van der Waals surface area (Å²) in [7, 11) is 0. The van der Waals surface area contributed by atoms with Crippen LogP contribution in [0, 0.1) is 18.6 Å². The van der Waals surface area contributed by atoms with Crippen LogP contribution in [-0.4, -0.2) is 10.9 Å². The van der Waals surface area contributed by atoms with Gasteiger partial charge in [-0.1, -0.05) is 11.6 Å². The topological polar surface area (TPSA) is 42.0 Å². The number of fused-ring (bicyclic) bond motifs is 1. The Kier molecular flexibility index (Phi) is 3.96. The van der Waals surface area contributed by atoms with Gasteiger partial charge in [0, 0.05) is 22.2 Å². The van der Waals surface area contributed by atoms with E-state index in [1.165, 1.54) is 36.4 Å². The predicted molar refractivity (Wildman–Crippen MR) is 85.8 cm³/mol. The van der Waals surface area contributed by atoms with Gasteiger partial charge in [-0.05, 0) is 43.3 Å². The van der Waals surface area contributed by atoms with E-state index in [1.807, 2.05) is 0 Å². The maximum atomic E-state index is 13.8. The van der Waals surface area contributed by atoms with Crippen molar-refractivity contribution in [1.82, 2.24) is 4.98 Å². The van der Waals surface area contributed by atoms with Gasteiger partial charge in [-0.25, -0.2) is 8.78 Å². The van der Waals surface area contributed by atoms with Gasteiger partial charge in [0.25, 0.3) is 5.91 Å². The lowest BCUT2D eigenvalue weighted by atomic mass is 10.1. The van der Waals surface area contributed by atoms with Crippen LogP contribution in [0.15, 0.2) is 42.5 Å². The van der Waals surface area contributed by atoms with Crippen molar-refractivity contribution in [3.63, 3.8) is 0 Å². The molecule has 2 aromatic carbocycles. The minimum atomic E-state index is -0.594. The third-order valence-electron chi connectivity index (χ3n) is 3.32. The summed E-state index contributed by atoms with van der Waals surface area (Å²) in [6, 6.07) is 9.42. The monoisotopic (exact) mass is 332 g/mol. The highest BCUT2D eigenvalue weighted by Crippen LogP contribution is 2.23. The van der Waals surface area contributed by atoms with E-state index in [4.69, 9.17) is 11.6 Å². The molecule has 3 rings (SSSR count). The van der Waals surface area contributed by atoms with Gasteiger partial charge < -0.3 is 5.32 Å². The molecule has 0 radical (unpaired) electrons. The van der Waals surface area contributed by atoms with E-state index in [0.717, 1.165) is 0 Å². The Labute approximate surface area is 135 Å². The van der Waals surface area contributed by atoms with Crippen molar-refractivity contribution in [2.24, 2.45) is 0 Å². The van der Waals surface area contributed by atoms with E-state index in [9.17, 15) is 13.6 Å². The minimum Gasteiger partial charge on any atom is -0.319 e. The van der Waals surface area contributed by atoms with E-state index < -0.39 is 17.5 Å². The molecule has 0 saturated carbocycles. The highest BCUT2D eigenvalue weighted by molar-refractivity contribution is 6.31. The molecule has 0 aliphatic carbocycles. The van der Waals surface area contributed by atoms with Gasteiger partial charge >= 0.3 is 0 Å². The van der Waals surface area contributed by atoms with Crippen LogP contribution in [0.4, 0.5) is 14.5 Å². The third kappa shape index (κ3) is 3.14. The summed E-state index contributed by atoms with van der Waals surface area (Å²) >= 11 is 5.81. The second kappa shape index (κ2) is 5.93. The van der Waals surface area contributed by atoms with Crippen molar-refractivity contribution >= 4 is 34.1 Å². The Balaban J connectivity index is 2.05. The normalized spacial score (nSPS) is 10.8. The van der Waals surface area contributed by atoms with Crippen LogP contribution in [0.2, 0.25) is 5.02 Å². The molecule has 3 aromatic rings. The Hall–Kier alpha value is -2.53. The van der Waals surface area contributed by atoms with Gasteiger partial charge in [0.15, 0.2) is 0 Å². The average Bonchev–Trinajstić information content (AvgIpc) is 2.49. The zero-order chi connectivity index (χ0) is 16.6. The van der Waals surface area contributed by atoms with E-state index >= 15 is 0 Å². The van der Waals surface area contributed by atoms with Gasteiger partial charge in [-0.3, -0.25) is 9.78 Å². The lowest BCUT2D eigenvalue weighted by molar-refractivity contribution is 0.102. The number of pyridine rings is 1. The number of hydrogen-bond acceptors (Lipinski definition) is 2. The molecular formula is C17H11ClF2N2O.